The number of carbonyl (C=O) groups is 1. The molecule has 2 aliphatic heterocycles. The second kappa shape index (κ2) is 9.08. The van der Waals surface area contributed by atoms with E-state index in [0.717, 1.165) is 4.90 Å². The fourth-order valence-corrected chi connectivity index (χ4v) is 4.83. The van der Waals surface area contributed by atoms with E-state index in [1.807, 2.05) is 32.4 Å². The molecule has 3 atom stereocenters. The minimum Gasteiger partial charge on any atom is -0.465 e. The van der Waals surface area contributed by atoms with Crippen molar-refractivity contribution in [3.8, 4) is 0 Å². The fraction of sp³-hybridized carbons (Fsp3) is 0.650. The third-order valence-electron chi connectivity index (χ3n) is 6.60. The summed E-state index contributed by atoms with van der Waals surface area (Å²) < 4.78 is 80.4. The Morgan fingerprint density at radius 2 is 1.88 bits per heavy atom. The van der Waals surface area contributed by atoms with Gasteiger partial charge in [-0.05, 0) is 46.1 Å². The number of carboxylic acid groups (broad SMARTS) is 1. The molecule has 0 spiro atoms. The Morgan fingerprint density at radius 3 is 2.42 bits per heavy atom. The number of hydrogen-bond donors (Lipinski definition) is 2. The summed E-state index contributed by atoms with van der Waals surface area (Å²) in [6.07, 6.45) is -3.82. The largest absolute Gasteiger partial charge is 0.497 e. The van der Waals surface area contributed by atoms with Crippen molar-refractivity contribution >= 4 is 28.7 Å². The average molecular weight is 492 g/mol. The molecular formula is C20H28BF3N2O6S. The normalized spacial score (nSPS) is 27.1. The van der Waals surface area contributed by atoms with Crippen molar-refractivity contribution in [3.63, 3.8) is 0 Å². The highest BCUT2D eigenvalue weighted by Crippen LogP contribution is 2.37. The molecule has 2 N–H and O–H groups in total. The van der Waals surface area contributed by atoms with Crippen LogP contribution in [0.3, 0.4) is 0 Å². The molecule has 2 heterocycles. The van der Waals surface area contributed by atoms with Gasteiger partial charge in [0.2, 0.25) is 16.0 Å². The Labute approximate surface area is 191 Å². The molecule has 184 valence electrons. The number of halogens is 3. The summed E-state index contributed by atoms with van der Waals surface area (Å²) in [5, 5.41) is 9.58. The van der Waals surface area contributed by atoms with Crippen LogP contribution in [0.5, 0.6) is 0 Å². The summed E-state index contributed by atoms with van der Waals surface area (Å²) in [7, 11) is -5.52. The lowest BCUT2D eigenvalue weighted by molar-refractivity contribution is 0.00578. The Kier molecular flexibility index (Phi) is 7.10. The van der Waals surface area contributed by atoms with Crippen molar-refractivity contribution in [2.75, 3.05) is 12.6 Å². The zero-order valence-electron chi connectivity index (χ0n) is 18.8. The van der Waals surface area contributed by atoms with E-state index >= 15 is 4.39 Å². The average Bonchev–Trinajstić information content (AvgIpc) is 2.92. The summed E-state index contributed by atoms with van der Waals surface area (Å²) >= 11 is 0. The maximum atomic E-state index is 15.5. The Balaban J connectivity index is 1.95. The zero-order chi connectivity index (χ0) is 24.8. The summed E-state index contributed by atoms with van der Waals surface area (Å²) in [6.45, 7) is 7.03. The molecule has 2 fully saturated rings. The fourth-order valence-electron chi connectivity index (χ4n) is 4.04. The molecule has 2 aliphatic rings. The number of hydrogen-bond acceptors (Lipinski definition) is 5. The number of rotatable bonds is 6. The highest BCUT2D eigenvalue weighted by molar-refractivity contribution is 7.89. The minimum absolute atomic E-state index is 0.0250. The van der Waals surface area contributed by atoms with Gasteiger partial charge in [-0.3, -0.25) is 0 Å². The van der Waals surface area contributed by atoms with Crippen molar-refractivity contribution < 1.29 is 40.8 Å². The van der Waals surface area contributed by atoms with Crippen LogP contribution in [0.15, 0.2) is 18.2 Å². The summed E-state index contributed by atoms with van der Waals surface area (Å²) in [5.41, 5.74) is -1.33. The third-order valence-corrected chi connectivity index (χ3v) is 7.52. The quantitative estimate of drug-likeness (QED) is 0.589. The van der Waals surface area contributed by atoms with Crippen LogP contribution in [0.25, 0.3) is 0 Å². The highest BCUT2D eigenvalue weighted by Gasteiger charge is 2.52. The van der Waals surface area contributed by atoms with Crippen molar-refractivity contribution in [1.82, 2.24) is 9.62 Å². The lowest BCUT2D eigenvalue weighted by Crippen LogP contribution is -2.62. The predicted octanol–water partition coefficient (Wildman–Crippen LogP) is 1.97. The van der Waals surface area contributed by atoms with Gasteiger partial charge in [0.15, 0.2) is 0 Å². The smallest absolute Gasteiger partial charge is 0.465 e. The number of sulfonamides is 1. The number of alkyl halides is 2. The molecule has 13 heteroatoms. The van der Waals surface area contributed by atoms with Gasteiger partial charge in [-0.1, -0.05) is 18.2 Å². The van der Waals surface area contributed by atoms with Gasteiger partial charge in [-0.15, -0.1) is 0 Å². The van der Waals surface area contributed by atoms with Gasteiger partial charge in [-0.2, -0.15) is 0 Å². The Morgan fingerprint density at radius 1 is 1.27 bits per heavy atom. The molecule has 3 rings (SSSR count). The lowest BCUT2D eigenvalue weighted by Gasteiger charge is -2.41. The summed E-state index contributed by atoms with van der Waals surface area (Å²) in [5.74, 6) is -0.727. The van der Waals surface area contributed by atoms with E-state index in [4.69, 9.17) is 9.31 Å². The summed E-state index contributed by atoms with van der Waals surface area (Å²) in [4.78, 5) is 12.6. The Hall–Kier alpha value is -1.83. The molecule has 0 aliphatic carbocycles. The number of nitrogens with zero attached hydrogens (tertiary/aromatic N) is 1. The summed E-state index contributed by atoms with van der Waals surface area (Å²) in [6, 6.07) is -0.265. The Bertz CT molecular complexity index is 994. The molecule has 0 aromatic heterocycles. The van der Waals surface area contributed by atoms with Crippen LogP contribution in [0, 0.1) is 5.82 Å². The van der Waals surface area contributed by atoms with Crippen LogP contribution < -0.4 is 10.2 Å². The second-order valence-electron chi connectivity index (χ2n) is 9.33. The minimum atomic E-state index is -4.49. The third kappa shape index (κ3) is 5.15. The van der Waals surface area contributed by atoms with Gasteiger partial charge in [0.25, 0.3) is 0 Å². The number of likely N-dealkylation sites (tertiary alicyclic amines) is 1. The monoisotopic (exact) mass is 492 g/mol. The van der Waals surface area contributed by atoms with E-state index in [1.165, 1.54) is 18.2 Å². The highest BCUT2D eigenvalue weighted by atomic mass is 32.2. The van der Waals surface area contributed by atoms with E-state index in [9.17, 15) is 27.1 Å². The van der Waals surface area contributed by atoms with Gasteiger partial charge in [0.05, 0.1) is 23.3 Å². The second-order valence-corrected chi connectivity index (χ2v) is 11.0. The molecule has 1 aromatic carbocycles. The van der Waals surface area contributed by atoms with Crippen LogP contribution in [0.1, 0.15) is 39.7 Å². The molecule has 0 saturated carbocycles. The molecule has 1 amide bonds. The maximum Gasteiger partial charge on any atom is 0.497 e. The number of piperidine rings is 1. The van der Waals surface area contributed by atoms with Gasteiger partial charge < -0.3 is 19.3 Å². The molecule has 2 saturated heterocycles. The van der Waals surface area contributed by atoms with Gasteiger partial charge in [0, 0.05) is 12.0 Å². The van der Waals surface area contributed by atoms with Gasteiger partial charge in [-0.25, -0.2) is 31.1 Å². The standard InChI is InChI=1S/C20H28BF3N2O6S/c1-19(2)20(3,4)32-21(31-19)13-7-5-6-12(16(13)24)10-15-17(25-33(29,30)11-22)14(23)8-9-26(15)18(27)28/h5-7,14-15,17,25H,8-11H2,1-4H3,(H,27,28)/t14-,15-,17-/m0/s1. The van der Waals surface area contributed by atoms with E-state index < -0.39 is 64.5 Å². The first-order chi connectivity index (χ1) is 15.2. The molecule has 1 aromatic rings. The zero-order valence-corrected chi connectivity index (χ0v) is 19.7. The number of benzene rings is 1. The van der Waals surface area contributed by atoms with Crippen LogP contribution in [-0.2, 0) is 25.8 Å². The number of amides is 1. The van der Waals surface area contributed by atoms with Crippen LogP contribution in [-0.4, -0.2) is 73.6 Å². The first-order valence-corrected chi connectivity index (χ1v) is 12.2. The van der Waals surface area contributed by atoms with Crippen molar-refractivity contribution in [1.29, 1.82) is 0 Å². The SMILES string of the molecule is CC1(C)OB(c2cccc(C[C@H]3[C@@H](NS(=O)(=O)CF)[C@@H](F)CCN3C(=O)O)c2F)OC1(C)C. The number of nitrogens with one attached hydrogen (secondary N) is 1. The van der Waals surface area contributed by atoms with E-state index in [2.05, 4.69) is 0 Å². The molecule has 0 unspecified atom stereocenters. The molecule has 0 bridgehead atoms. The topological polar surface area (TPSA) is 105 Å². The van der Waals surface area contributed by atoms with E-state index in [-0.39, 0.29) is 30.4 Å². The van der Waals surface area contributed by atoms with Crippen LogP contribution in [0.4, 0.5) is 18.0 Å². The van der Waals surface area contributed by atoms with Crippen LogP contribution in [0.2, 0.25) is 0 Å². The molecule has 0 radical (unpaired) electrons. The predicted molar refractivity (Wildman–Crippen MR) is 116 cm³/mol. The first kappa shape index (κ1) is 25.8. The van der Waals surface area contributed by atoms with E-state index in [0.29, 0.717) is 0 Å². The molecule has 33 heavy (non-hydrogen) atoms. The van der Waals surface area contributed by atoms with Gasteiger partial charge in [0.1, 0.15) is 12.0 Å². The molecular weight excluding hydrogens is 464 g/mol. The van der Waals surface area contributed by atoms with Gasteiger partial charge >= 0.3 is 13.2 Å². The van der Waals surface area contributed by atoms with Crippen molar-refractivity contribution in [2.24, 2.45) is 0 Å². The lowest BCUT2D eigenvalue weighted by atomic mass is 9.77. The molecule has 8 nitrogen and oxygen atoms in total. The first-order valence-electron chi connectivity index (χ1n) is 10.5. The van der Waals surface area contributed by atoms with Crippen molar-refractivity contribution in [2.45, 2.75) is 70.0 Å². The van der Waals surface area contributed by atoms with Crippen LogP contribution >= 0.6 is 0 Å². The maximum absolute atomic E-state index is 15.5. The van der Waals surface area contributed by atoms with E-state index in [1.54, 1.807) is 0 Å². The van der Waals surface area contributed by atoms with Crippen molar-refractivity contribution in [3.05, 3.63) is 29.6 Å².